The minimum absolute atomic E-state index is 0.105. The number of hydrogen-bond donors (Lipinski definition) is 2. The fourth-order valence-electron chi connectivity index (χ4n) is 3.45. The molecule has 170 valence electrons. The Morgan fingerprint density at radius 2 is 1.82 bits per heavy atom. The molecule has 2 aromatic carbocycles. The normalized spacial score (nSPS) is 10.8. The zero-order valence-electron chi connectivity index (χ0n) is 18.1. The molecule has 0 unspecified atom stereocenters. The number of carbonyl (C=O) groups is 1. The van der Waals surface area contributed by atoms with Crippen LogP contribution in [-0.2, 0) is 13.1 Å². The monoisotopic (exact) mass is 483 g/mol. The summed E-state index contributed by atoms with van der Waals surface area (Å²) in [5.41, 5.74) is 1.29. The van der Waals surface area contributed by atoms with Crippen LogP contribution < -0.4 is 20.3 Å². The van der Waals surface area contributed by atoms with Crippen molar-refractivity contribution in [3.8, 4) is 11.5 Å². The molecule has 0 aliphatic carbocycles. The van der Waals surface area contributed by atoms with Crippen LogP contribution in [0.5, 0.6) is 11.5 Å². The molecule has 33 heavy (non-hydrogen) atoms. The number of ether oxygens (including phenoxy) is 2. The van der Waals surface area contributed by atoms with Crippen molar-refractivity contribution in [1.82, 2.24) is 9.88 Å². The van der Waals surface area contributed by atoms with Crippen LogP contribution in [0.1, 0.15) is 10.4 Å². The molecular formula is C24H22ClN3O4S. The molecular weight excluding hydrogens is 462 g/mol. The number of H-pyrrole nitrogens is 1. The van der Waals surface area contributed by atoms with Crippen LogP contribution in [0.4, 0.5) is 10.5 Å². The molecule has 0 saturated carbocycles. The maximum absolute atomic E-state index is 13.2. The summed E-state index contributed by atoms with van der Waals surface area (Å²) in [5.74, 6) is 1.07. The van der Waals surface area contributed by atoms with Gasteiger partial charge >= 0.3 is 6.03 Å². The van der Waals surface area contributed by atoms with Crippen LogP contribution in [0.3, 0.4) is 0 Å². The van der Waals surface area contributed by atoms with Gasteiger partial charge in [0.25, 0.3) is 5.56 Å². The largest absolute Gasteiger partial charge is 0.493 e. The third-order valence-electron chi connectivity index (χ3n) is 5.12. The minimum Gasteiger partial charge on any atom is -0.493 e. The number of carbonyl (C=O) groups excluding carboxylic acids is 1. The molecule has 0 saturated heterocycles. The molecule has 0 aliphatic rings. The van der Waals surface area contributed by atoms with E-state index in [1.165, 1.54) is 7.11 Å². The Morgan fingerprint density at radius 3 is 2.52 bits per heavy atom. The Kier molecular flexibility index (Phi) is 6.86. The van der Waals surface area contributed by atoms with Crippen molar-refractivity contribution in [3.63, 3.8) is 0 Å². The van der Waals surface area contributed by atoms with E-state index >= 15 is 0 Å². The quantitative estimate of drug-likeness (QED) is 0.364. The van der Waals surface area contributed by atoms with Gasteiger partial charge in [-0.3, -0.25) is 4.79 Å². The number of halogens is 1. The molecule has 0 atom stereocenters. The van der Waals surface area contributed by atoms with Gasteiger partial charge < -0.3 is 24.7 Å². The number of aromatic nitrogens is 1. The molecule has 2 aromatic heterocycles. The van der Waals surface area contributed by atoms with Gasteiger partial charge in [0.05, 0.1) is 43.5 Å². The number of rotatable bonds is 7. The Morgan fingerprint density at radius 1 is 1.06 bits per heavy atom. The highest BCUT2D eigenvalue weighted by atomic mass is 35.5. The number of thiophene rings is 1. The van der Waals surface area contributed by atoms with Gasteiger partial charge in [-0.1, -0.05) is 29.8 Å². The number of amides is 2. The molecule has 2 heterocycles. The van der Waals surface area contributed by atoms with Crippen molar-refractivity contribution < 1.29 is 14.3 Å². The fourth-order valence-corrected chi connectivity index (χ4v) is 4.35. The summed E-state index contributed by atoms with van der Waals surface area (Å²) in [7, 11) is 3.09. The third-order valence-corrected chi connectivity index (χ3v) is 6.31. The number of methoxy groups -OCH3 is 2. The van der Waals surface area contributed by atoms with E-state index in [2.05, 4.69) is 10.3 Å². The first-order valence-corrected chi connectivity index (χ1v) is 11.3. The number of hydrogen-bond acceptors (Lipinski definition) is 5. The number of para-hydroxylation sites is 1. The number of nitrogens with zero attached hydrogens (tertiary/aromatic N) is 1. The van der Waals surface area contributed by atoms with Crippen molar-refractivity contribution in [2.75, 3.05) is 19.5 Å². The van der Waals surface area contributed by atoms with Gasteiger partial charge in [0.2, 0.25) is 0 Å². The Labute approximate surface area is 199 Å². The maximum Gasteiger partial charge on any atom is 0.322 e. The third kappa shape index (κ3) is 5.13. The number of anilines is 1. The highest BCUT2D eigenvalue weighted by molar-refractivity contribution is 7.09. The molecule has 0 fully saturated rings. The van der Waals surface area contributed by atoms with Gasteiger partial charge in [-0.25, -0.2) is 4.79 Å². The van der Waals surface area contributed by atoms with Gasteiger partial charge in [-0.2, -0.15) is 0 Å². The number of pyridine rings is 1. The topological polar surface area (TPSA) is 83.7 Å². The summed E-state index contributed by atoms with van der Waals surface area (Å²) in [6, 6.07) is 15.8. The summed E-state index contributed by atoms with van der Waals surface area (Å²) in [6.07, 6.45) is 0. The number of benzene rings is 2. The zero-order valence-corrected chi connectivity index (χ0v) is 19.6. The smallest absolute Gasteiger partial charge is 0.322 e. The highest BCUT2D eigenvalue weighted by Crippen LogP contribution is 2.31. The van der Waals surface area contributed by atoms with E-state index in [1.54, 1.807) is 65.8 Å². The van der Waals surface area contributed by atoms with Crippen LogP contribution in [0.15, 0.2) is 64.8 Å². The molecule has 0 radical (unpaired) electrons. The minimum atomic E-state index is -0.358. The van der Waals surface area contributed by atoms with E-state index in [1.807, 2.05) is 17.5 Å². The van der Waals surface area contributed by atoms with Crippen molar-refractivity contribution in [1.29, 1.82) is 0 Å². The average Bonchev–Trinajstić information content (AvgIpc) is 3.33. The first-order valence-electron chi connectivity index (χ1n) is 10.1. The number of aromatic amines is 1. The summed E-state index contributed by atoms with van der Waals surface area (Å²) in [5, 5.41) is 6.00. The van der Waals surface area contributed by atoms with E-state index in [-0.39, 0.29) is 18.1 Å². The van der Waals surface area contributed by atoms with E-state index in [9.17, 15) is 9.59 Å². The molecule has 2 amide bonds. The SMILES string of the molecule is COc1cc2cc(CN(Cc3cccs3)C(=O)Nc3ccccc3Cl)c(=O)[nH]c2cc1OC. The van der Waals surface area contributed by atoms with Gasteiger partial charge in [0.15, 0.2) is 11.5 Å². The van der Waals surface area contributed by atoms with E-state index in [0.717, 1.165) is 10.3 Å². The Bertz CT molecular complexity index is 1340. The summed E-state index contributed by atoms with van der Waals surface area (Å²) in [4.78, 5) is 31.5. The zero-order chi connectivity index (χ0) is 23.4. The van der Waals surface area contributed by atoms with E-state index < -0.39 is 0 Å². The first-order chi connectivity index (χ1) is 16.0. The molecule has 0 bridgehead atoms. The number of urea groups is 1. The molecule has 0 aliphatic heterocycles. The maximum atomic E-state index is 13.2. The summed E-state index contributed by atoms with van der Waals surface area (Å²) in [6.45, 7) is 0.450. The van der Waals surface area contributed by atoms with Crippen LogP contribution >= 0.6 is 22.9 Å². The molecule has 7 nitrogen and oxygen atoms in total. The van der Waals surface area contributed by atoms with Gasteiger partial charge in [0.1, 0.15) is 0 Å². The van der Waals surface area contributed by atoms with Crippen molar-refractivity contribution in [2.24, 2.45) is 0 Å². The van der Waals surface area contributed by atoms with E-state index in [4.69, 9.17) is 21.1 Å². The predicted octanol–water partition coefficient (Wildman–Crippen LogP) is 5.49. The molecule has 4 rings (SSSR count). The lowest BCUT2D eigenvalue weighted by molar-refractivity contribution is 0.207. The van der Waals surface area contributed by atoms with Crippen LogP contribution in [0, 0.1) is 0 Å². The van der Waals surface area contributed by atoms with Crippen LogP contribution in [-0.4, -0.2) is 30.1 Å². The van der Waals surface area contributed by atoms with Gasteiger partial charge in [-0.15, -0.1) is 11.3 Å². The second kappa shape index (κ2) is 9.97. The Hall–Kier alpha value is -3.49. The standard InChI is InChI=1S/C24H22ClN3O4S/c1-31-21-11-15-10-16(23(29)26-20(15)12-22(21)32-2)13-28(14-17-6-5-9-33-17)24(30)27-19-8-4-3-7-18(19)25/h3-12H,13-14H2,1-2H3,(H,26,29)(H,27,30). The molecule has 2 N–H and O–H groups in total. The van der Waals surface area contributed by atoms with Crippen molar-refractivity contribution in [2.45, 2.75) is 13.1 Å². The number of fused-ring (bicyclic) bond motifs is 1. The van der Waals surface area contributed by atoms with Crippen molar-refractivity contribution >= 4 is 45.6 Å². The lowest BCUT2D eigenvalue weighted by Crippen LogP contribution is -2.35. The highest BCUT2D eigenvalue weighted by Gasteiger charge is 2.19. The lowest BCUT2D eigenvalue weighted by Gasteiger charge is -2.23. The average molecular weight is 484 g/mol. The Balaban J connectivity index is 1.67. The van der Waals surface area contributed by atoms with Gasteiger partial charge in [-0.05, 0) is 35.7 Å². The number of nitrogens with one attached hydrogen (secondary N) is 2. The van der Waals surface area contributed by atoms with Crippen LogP contribution in [0.25, 0.3) is 10.9 Å². The fraction of sp³-hybridized carbons (Fsp3) is 0.167. The van der Waals surface area contributed by atoms with E-state index in [0.29, 0.717) is 39.8 Å². The lowest BCUT2D eigenvalue weighted by atomic mass is 10.1. The molecule has 4 aromatic rings. The van der Waals surface area contributed by atoms with Crippen LogP contribution in [0.2, 0.25) is 5.02 Å². The summed E-state index contributed by atoms with van der Waals surface area (Å²) < 4.78 is 10.7. The molecule has 0 spiro atoms. The molecule has 9 heteroatoms. The first kappa shape index (κ1) is 22.7. The second-order valence-corrected chi connectivity index (χ2v) is 8.70. The predicted molar refractivity (Wildman–Crippen MR) is 132 cm³/mol. The van der Waals surface area contributed by atoms with Gasteiger partial charge in [0, 0.05) is 21.9 Å². The van der Waals surface area contributed by atoms with Crippen molar-refractivity contribution in [3.05, 3.63) is 85.8 Å². The summed E-state index contributed by atoms with van der Waals surface area (Å²) >= 11 is 7.75. The second-order valence-electron chi connectivity index (χ2n) is 7.26.